The largest absolute Gasteiger partial charge is 0.691 e. The topological polar surface area (TPSA) is 139 Å². The summed E-state index contributed by atoms with van der Waals surface area (Å²) in [7, 11) is 0. The van der Waals surface area contributed by atoms with E-state index in [1.807, 2.05) is 0 Å². The molecule has 14 heteroatoms. The normalized spacial score (nSPS) is 49.1. The molecule has 0 radical (unpaired) electrons. The van der Waals surface area contributed by atoms with Gasteiger partial charge in [0.15, 0.2) is 12.4 Å². The summed E-state index contributed by atoms with van der Waals surface area (Å²) in [6.45, 7) is -0.809. The minimum absolute atomic E-state index is 0.0410. The van der Waals surface area contributed by atoms with Crippen LogP contribution in [0.4, 0.5) is 8.78 Å². The molecule has 0 N–H and O–H groups in total. The van der Waals surface area contributed by atoms with Crippen LogP contribution in [0.5, 0.6) is 0 Å². The molecule has 0 amide bonds. The van der Waals surface area contributed by atoms with Crippen LogP contribution in [0.15, 0.2) is 0 Å². The van der Waals surface area contributed by atoms with Crippen LogP contribution in [-0.4, -0.2) is 62.0 Å². The van der Waals surface area contributed by atoms with Crippen LogP contribution in [0.2, 0.25) is 0 Å². The maximum atomic E-state index is 14.1. The standard InChI is InChI=1S/C40H54F2O11S/c41-39(42,54-53-52-46)22-49-34(45)38-15-29-7-30(16-38)40(31(8-29)17-38)50-20-35(21-51-40,18-47-32(43)36-9-23-1-24(10-36)3-25(2-23)11-36)19-48-33(44)37-12-26-4-27(13-37)6-28(5-26)14-37/h23-31,46H,1-22H2/p-1. The molecule has 2 unspecified atom stereocenters. The molecule has 1 aliphatic heterocycles. The van der Waals surface area contributed by atoms with E-state index in [4.69, 9.17) is 23.7 Å². The Kier molecular flexibility index (Phi) is 8.82. The first-order chi connectivity index (χ1) is 25.8. The minimum atomic E-state index is -3.65. The molecule has 2 atom stereocenters. The zero-order chi connectivity index (χ0) is 37.1. The van der Waals surface area contributed by atoms with Gasteiger partial charge in [-0.1, -0.05) is 0 Å². The first-order valence-corrected chi connectivity index (χ1v) is 21.4. The number of rotatable bonds is 12. The molecule has 1 spiro atoms. The van der Waals surface area contributed by atoms with E-state index in [0.29, 0.717) is 54.8 Å². The fourth-order valence-corrected chi connectivity index (χ4v) is 15.6. The molecule has 54 heavy (non-hydrogen) atoms. The fraction of sp³-hybridized carbons (Fsp3) is 0.925. The highest BCUT2D eigenvalue weighted by Gasteiger charge is 2.69. The molecule has 1 heterocycles. The van der Waals surface area contributed by atoms with E-state index >= 15 is 0 Å². The maximum Gasteiger partial charge on any atom is 0.354 e. The number of carbonyl (C=O) groups excluding carboxylic acids is 3. The van der Waals surface area contributed by atoms with Crippen molar-refractivity contribution in [3.8, 4) is 0 Å². The lowest BCUT2D eigenvalue weighted by Gasteiger charge is -2.65. The van der Waals surface area contributed by atoms with Crippen LogP contribution in [0.25, 0.3) is 0 Å². The van der Waals surface area contributed by atoms with E-state index < -0.39 is 57.3 Å². The predicted molar refractivity (Wildman–Crippen MR) is 182 cm³/mol. The summed E-state index contributed by atoms with van der Waals surface area (Å²) in [6, 6.07) is 0. The third kappa shape index (κ3) is 6.07. The second-order valence-electron chi connectivity index (χ2n) is 20.4. The third-order valence-corrected chi connectivity index (χ3v) is 17.0. The summed E-state index contributed by atoms with van der Waals surface area (Å²) in [4.78, 5) is 41.6. The van der Waals surface area contributed by atoms with Crippen molar-refractivity contribution < 1.29 is 61.5 Å². The zero-order valence-corrected chi connectivity index (χ0v) is 31.7. The molecule has 0 aromatic rings. The summed E-state index contributed by atoms with van der Waals surface area (Å²) in [6.07, 6.45) is 15.6. The molecule has 13 rings (SSSR count). The van der Waals surface area contributed by atoms with E-state index in [1.54, 1.807) is 0 Å². The smallest absolute Gasteiger partial charge is 0.354 e. The van der Waals surface area contributed by atoms with E-state index in [9.17, 15) is 28.4 Å². The average molecular weight is 780 g/mol. The van der Waals surface area contributed by atoms with Crippen molar-refractivity contribution >= 4 is 30.0 Å². The molecule has 12 saturated carbocycles. The van der Waals surface area contributed by atoms with Gasteiger partial charge in [0.1, 0.15) is 25.3 Å². The third-order valence-electron chi connectivity index (χ3n) is 16.5. The van der Waals surface area contributed by atoms with Gasteiger partial charge in [0, 0.05) is 11.8 Å². The molecule has 12 aliphatic carbocycles. The number of alkyl halides is 2. The molecule has 13 aliphatic rings. The van der Waals surface area contributed by atoms with E-state index in [1.165, 1.54) is 38.5 Å². The number of esters is 3. The Bertz CT molecular complexity index is 1380. The first-order valence-electron chi connectivity index (χ1n) is 20.6. The van der Waals surface area contributed by atoms with Crippen LogP contribution in [0, 0.1) is 74.9 Å². The lowest BCUT2D eigenvalue weighted by atomic mass is 9.47. The SMILES string of the molecule is O=C(OCC1(COC(=O)C23CC4CC(CC(C4)C2)C3)COC2(OC1)C1CC3CC2CC(C(=O)OCC(F)(F)SOO[O-])(C3)C1)C12CC3CC(CC(C3)C1)C2. The minimum Gasteiger partial charge on any atom is -0.691 e. The lowest BCUT2D eigenvalue weighted by molar-refractivity contribution is -0.777. The van der Waals surface area contributed by atoms with Crippen molar-refractivity contribution in [2.75, 3.05) is 33.0 Å². The highest BCUT2D eigenvalue weighted by Crippen LogP contribution is 2.67. The second kappa shape index (κ2) is 13.0. The van der Waals surface area contributed by atoms with Crippen LogP contribution >= 0.6 is 12.0 Å². The van der Waals surface area contributed by atoms with Crippen LogP contribution in [0.3, 0.4) is 0 Å². The summed E-state index contributed by atoms with van der Waals surface area (Å²) in [5.41, 5.74) is -2.66. The zero-order valence-electron chi connectivity index (χ0n) is 30.9. The highest BCUT2D eigenvalue weighted by molar-refractivity contribution is 7.95. The van der Waals surface area contributed by atoms with Gasteiger partial charge in [0.2, 0.25) is 0 Å². The number of hydrogen-bond acceptors (Lipinski definition) is 12. The number of halogens is 2. The Morgan fingerprint density at radius 2 is 0.963 bits per heavy atom. The van der Waals surface area contributed by atoms with Crippen molar-refractivity contribution in [1.82, 2.24) is 0 Å². The molecule has 300 valence electrons. The number of hydrogen-bond donors (Lipinski definition) is 0. The van der Waals surface area contributed by atoms with Gasteiger partial charge in [-0.15, -0.1) is 0 Å². The summed E-state index contributed by atoms with van der Waals surface area (Å²) < 4.78 is 63.6. The number of carbonyl (C=O) groups is 3. The van der Waals surface area contributed by atoms with E-state index in [-0.39, 0.29) is 56.1 Å². The van der Waals surface area contributed by atoms with Gasteiger partial charge in [0.25, 0.3) is 0 Å². The molecule has 1 saturated heterocycles. The Morgan fingerprint density at radius 3 is 1.37 bits per heavy atom. The van der Waals surface area contributed by atoms with Gasteiger partial charge in [-0.2, -0.15) is 13.1 Å². The Hall–Kier alpha value is -1.58. The predicted octanol–water partition coefficient (Wildman–Crippen LogP) is 6.07. The first kappa shape index (κ1) is 36.7. The molecule has 12 bridgehead atoms. The Morgan fingerprint density at radius 1 is 0.593 bits per heavy atom. The molecule has 0 aromatic heterocycles. The van der Waals surface area contributed by atoms with Gasteiger partial charge in [-0.05, 0) is 151 Å². The van der Waals surface area contributed by atoms with Crippen LogP contribution in [0.1, 0.15) is 109 Å². The van der Waals surface area contributed by atoms with Crippen molar-refractivity contribution in [2.45, 2.75) is 120 Å². The maximum absolute atomic E-state index is 14.1. The van der Waals surface area contributed by atoms with E-state index in [0.717, 1.165) is 51.4 Å². The Labute approximate surface area is 319 Å². The van der Waals surface area contributed by atoms with Gasteiger partial charge in [0.05, 0.1) is 34.9 Å². The molecule has 13 fully saturated rings. The van der Waals surface area contributed by atoms with Crippen LogP contribution in [-0.2, 0) is 47.4 Å². The van der Waals surface area contributed by atoms with Gasteiger partial charge >= 0.3 is 23.2 Å². The van der Waals surface area contributed by atoms with Crippen molar-refractivity contribution in [3.63, 3.8) is 0 Å². The van der Waals surface area contributed by atoms with Gasteiger partial charge in [-0.25, -0.2) is 0 Å². The molecule has 0 aromatic carbocycles. The Balaban J connectivity index is 0.844. The summed E-state index contributed by atoms with van der Waals surface area (Å²) in [5, 5.41) is 9.42. The molecule has 11 nitrogen and oxygen atoms in total. The highest BCUT2D eigenvalue weighted by atomic mass is 32.2. The van der Waals surface area contributed by atoms with Crippen molar-refractivity contribution in [3.05, 3.63) is 0 Å². The molecular formula is C40H53F2O11S-. The summed E-state index contributed by atoms with van der Waals surface area (Å²) in [5.74, 6) is 1.56. The number of ether oxygens (including phenoxy) is 5. The lowest BCUT2D eigenvalue weighted by Crippen LogP contribution is -2.68. The average Bonchev–Trinajstić information content (AvgIpc) is 3.12. The summed E-state index contributed by atoms with van der Waals surface area (Å²) >= 11 is -0.494. The monoisotopic (exact) mass is 779 g/mol. The van der Waals surface area contributed by atoms with Crippen molar-refractivity contribution in [1.29, 1.82) is 0 Å². The molecular weight excluding hydrogens is 726 g/mol. The van der Waals surface area contributed by atoms with Crippen molar-refractivity contribution in [2.24, 2.45) is 74.9 Å². The fourth-order valence-electron chi connectivity index (χ4n) is 15.3. The van der Waals surface area contributed by atoms with Gasteiger partial charge in [-0.3, -0.25) is 19.4 Å². The van der Waals surface area contributed by atoms with Crippen LogP contribution < -0.4 is 5.26 Å². The van der Waals surface area contributed by atoms with Gasteiger partial charge < -0.3 is 28.9 Å². The van der Waals surface area contributed by atoms with E-state index in [2.05, 4.69) is 9.37 Å². The second-order valence-corrected chi connectivity index (χ2v) is 21.3. The quantitative estimate of drug-likeness (QED) is 0.0748.